The molecule has 2 N–H and O–H groups in total. The predicted molar refractivity (Wildman–Crippen MR) is 86.1 cm³/mol. The van der Waals surface area contributed by atoms with Crippen molar-refractivity contribution in [1.82, 2.24) is 25.5 Å². The molecule has 1 aromatic carbocycles. The molecule has 0 aliphatic heterocycles. The zero-order valence-corrected chi connectivity index (χ0v) is 12.8. The molecule has 4 rings (SSSR count). The van der Waals surface area contributed by atoms with E-state index in [0.29, 0.717) is 24.0 Å². The summed E-state index contributed by atoms with van der Waals surface area (Å²) in [7, 11) is 0. The Hall–Kier alpha value is -3.16. The number of nitrogens with zero attached hydrogens (tertiary/aromatic N) is 4. The minimum absolute atomic E-state index is 0.290. The highest BCUT2D eigenvalue weighted by Crippen LogP contribution is 2.36. The Morgan fingerprint density at radius 1 is 1.25 bits per heavy atom. The summed E-state index contributed by atoms with van der Waals surface area (Å²) in [6, 6.07) is 11.2. The molecular weight excluding hydrogens is 308 g/mol. The smallest absolute Gasteiger partial charge is 0.319 e. The highest BCUT2D eigenvalue weighted by Gasteiger charge is 2.28. The molecule has 2 heterocycles. The minimum Gasteiger partial charge on any atom is -0.467 e. The first kappa shape index (κ1) is 14.4. The van der Waals surface area contributed by atoms with Crippen LogP contribution in [0.1, 0.15) is 24.6 Å². The van der Waals surface area contributed by atoms with E-state index in [4.69, 9.17) is 4.42 Å². The fraction of sp³-hybridized carbons (Fsp3) is 0.250. The number of aromatic nitrogens is 4. The second kappa shape index (κ2) is 6.15. The summed E-state index contributed by atoms with van der Waals surface area (Å²) in [5, 5.41) is 17.4. The number of rotatable bonds is 5. The Kier molecular flexibility index (Phi) is 3.70. The Labute approximate surface area is 137 Å². The number of hydrogen-bond donors (Lipinski definition) is 2. The van der Waals surface area contributed by atoms with Crippen LogP contribution in [-0.4, -0.2) is 26.2 Å². The van der Waals surface area contributed by atoms with Gasteiger partial charge in [0.15, 0.2) is 5.82 Å². The molecule has 3 aromatic rings. The quantitative estimate of drug-likeness (QED) is 0.751. The molecule has 0 spiro atoms. The van der Waals surface area contributed by atoms with Crippen molar-refractivity contribution in [2.45, 2.75) is 25.4 Å². The van der Waals surface area contributed by atoms with Gasteiger partial charge >= 0.3 is 6.03 Å². The van der Waals surface area contributed by atoms with Crippen molar-refractivity contribution in [1.29, 1.82) is 0 Å². The minimum atomic E-state index is -0.290. The second-order valence-corrected chi connectivity index (χ2v) is 5.64. The third kappa shape index (κ3) is 3.12. The summed E-state index contributed by atoms with van der Waals surface area (Å²) < 4.78 is 7.02. The topological polar surface area (TPSA) is 97.9 Å². The Bertz CT molecular complexity index is 821. The number of urea groups is 1. The largest absolute Gasteiger partial charge is 0.467 e. The van der Waals surface area contributed by atoms with Gasteiger partial charge in [0, 0.05) is 11.3 Å². The zero-order valence-electron chi connectivity index (χ0n) is 12.8. The molecule has 1 saturated carbocycles. The molecule has 8 heteroatoms. The lowest BCUT2D eigenvalue weighted by Gasteiger charge is -2.07. The SMILES string of the molecule is O=C(NCc1ccco1)Nc1ccc(-c2nnnn2C2CC2)cc1. The molecule has 0 atom stereocenters. The van der Waals surface area contributed by atoms with Gasteiger partial charge in [0.1, 0.15) is 5.76 Å². The first-order chi connectivity index (χ1) is 11.8. The number of carbonyl (C=O) groups is 1. The number of nitrogens with one attached hydrogen (secondary N) is 2. The molecule has 0 unspecified atom stereocenters. The van der Waals surface area contributed by atoms with Crippen LogP contribution in [0.3, 0.4) is 0 Å². The Balaban J connectivity index is 1.38. The molecule has 0 bridgehead atoms. The molecule has 0 radical (unpaired) electrons. The summed E-state index contributed by atoms with van der Waals surface area (Å²) >= 11 is 0. The third-order valence-electron chi connectivity index (χ3n) is 3.79. The summed E-state index contributed by atoms with van der Waals surface area (Å²) in [5.74, 6) is 1.46. The van der Waals surface area contributed by atoms with Crippen molar-refractivity contribution in [2.24, 2.45) is 0 Å². The number of hydrogen-bond acceptors (Lipinski definition) is 5. The van der Waals surface area contributed by atoms with Crippen molar-refractivity contribution >= 4 is 11.7 Å². The van der Waals surface area contributed by atoms with E-state index in [1.165, 1.54) is 0 Å². The number of benzene rings is 1. The van der Waals surface area contributed by atoms with Gasteiger partial charge in [-0.1, -0.05) is 0 Å². The Morgan fingerprint density at radius 3 is 2.79 bits per heavy atom. The van der Waals surface area contributed by atoms with Crippen LogP contribution in [-0.2, 0) is 6.54 Å². The van der Waals surface area contributed by atoms with E-state index in [2.05, 4.69) is 26.2 Å². The van der Waals surface area contributed by atoms with E-state index in [0.717, 1.165) is 24.2 Å². The van der Waals surface area contributed by atoms with E-state index in [-0.39, 0.29) is 6.03 Å². The lowest BCUT2D eigenvalue weighted by atomic mass is 10.2. The molecule has 24 heavy (non-hydrogen) atoms. The fourth-order valence-corrected chi connectivity index (χ4v) is 2.41. The van der Waals surface area contributed by atoms with Crippen LogP contribution in [0.2, 0.25) is 0 Å². The number of tetrazole rings is 1. The zero-order chi connectivity index (χ0) is 16.4. The molecule has 1 aliphatic rings. The van der Waals surface area contributed by atoms with Crippen molar-refractivity contribution < 1.29 is 9.21 Å². The van der Waals surface area contributed by atoms with Crippen LogP contribution in [0.5, 0.6) is 0 Å². The van der Waals surface area contributed by atoms with Gasteiger partial charge in [-0.05, 0) is 59.7 Å². The molecular formula is C16H16N6O2. The lowest BCUT2D eigenvalue weighted by molar-refractivity contribution is 0.251. The average Bonchev–Trinajstić information content (AvgIpc) is 3.11. The van der Waals surface area contributed by atoms with E-state index in [9.17, 15) is 4.79 Å². The average molecular weight is 324 g/mol. The molecule has 2 amide bonds. The van der Waals surface area contributed by atoms with Gasteiger partial charge < -0.3 is 15.1 Å². The van der Waals surface area contributed by atoms with Gasteiger partial charge in [0.25, 0.3) is 0 Å². The third-order valence-corrected chi connectivity index (χ3v) is 3.79. The number of amides is 2. The van der Waals surface area contributed by atoms with Crippen molar-refractivity contribution in [3.63, 3.8) is 0 Å². The van der Waals surface area contributed by atoms with Crippen LogP contribution in [0.4, 0.5) is 10.5 Å². The van der Waals surface area contributed by atoms with Gasteiger partial charge in [0.05, 0.1) is 18.8 Å². The number of anilines is 1. The molecule has 1 fully saturated rings. The lowest BCUT2D eigenvalue weighted by Crippen LogP contribution is -2.27. The van der Waals surface area contributed by atoms with Crippen molar-refractivity contribution in [3.05, 3.63) is 48.4 Å². The van der Waals surface area contributed by atoms with Crippen molar-refractivity contribution in [2.75, 3.05) is 5.32 Å². The summed E-state index contributed by atoms with van der Waals surface area (Å²) in [4.78, 5) is 11.9. The number of furan rings is 1. The maximum absolute atomic E-state index is 11.9. The molecule has 2 aromatic heterocycles. The van der Waals surface area contributed by atoms with Crippen LogP contribution in [0.15, 0.2) is 47.1 Å². The van der Waals surface area contributed by atoms with Crippen molar-refractivity contribution in [3.8, 4) is 11.4 Å². The standard InChI is InChI=1S/C16H16N6O2/c23-16(17-10-14-2-1-9-24-14)18-12-5-3-11(4-6-12)15-19-20-21-22(15)13-7-8-13/h1-6,9,13H,7-8,10H2,(H2,17,18,23). The van der Waals surface area contributed by atoms with Crippen LogP contribution >= 0.6 is 0 Å². The summed E-state index contributed by atoms with van der Waals surface area (Å²) in [6.45, 7) is 0.340. The fourth-order valence-electron chi connectivity index (χ4n) is 2.41. The van der Waals surface area contributed by atoms with Gasteiger partial charge in [-0.2, -0.15) is 0 Å². The van der Waals surface area contributed by atoms with Gasteiger partial charge in [-0.3, -0.25) is 0 Å². The van der Waals surface area contributed by atoms with Crippen LogP contribution in [0.25, 0.3) is 11.4 Å². The van der Waals surface area contributed by atoms with Gasteiger partial charge in [0.2, 0.25) is 0 Å². The van der Waals surface area contributed by atoms with E-state index >= 15 is 0 Å². The monoisotopic (exact) mass is 324 g/mol. The summed E-state index contributed by atoms with van der Waals surface area (Å²) in [5.41, 5.74) is 1.62. The van der Waals surface area contributed by atoms with Crippen LogP contribution in [0, 0.1) is 0 Å². The predicted octanol–water partition coefficient (Wildman–Crippen LogP) is 2.59. The molecule has 122 valence electrons. The first-order valence-electron chi connectivity index (χ1n) is 7.75. The molecule has 0 saturated heterocycles. The molecule has 8 nitrogen and oxygen atoms in total. The molecule has 1 aliphatic carbocycles. The van der Waals surface area contributed by atoms with Gasteiger partial charge in [-0.15, -0.1) is 5.10 Å². The maximum Gasteiger partial charge on any atom is 0.319 e. The highest BCUT2D eigenvalue weighted by atomic mass is 16.3. The summed E-state index contributed by atoms with van der Waals surface area (Å²) in [6.07, 6.45) is 3.81. The Morgan fingerprint density at radius 2 is 2.08 bits per heavy atom. The van der Waals surface area contributed by atoms with E-state index in [1.54, 1.807) is 18.4 Å². The van der Waals surface area contributed by atoms with E-state index < -0.39 is 0 Å². The van der Waals surface area contributed by atoms with E-state index in [1.807, 2.05) is 28.9 Å². The first-order valence-corrected chi connectivity index (χ1v) is 7.75. The van der Waals surface area contributed by atoms with Crippen LogP contribution < -0.4 is 10.6 Å². The van der Waals surface area contributed by atoms with Gasteiger partial charge in [-0.25, -0.2) is 9.48 Å². The maximum atomic E-state index is 11.9. The number of carbonyl (C=O) groups excluding carboxylic acids is 1. The normalized spacial score (nSPS) is 13.7. The highest BCUT2D eigenvalue weighted by molar-refractivity contribution is 5.89. The second-order valence-electron chi connectivity index (χ2n) is 5.64.